The van der Waals surface area contributed by atoms with Crippen molar-refractivity contribution in [3.63, 3.8) is 0 Å². The van der Waals surface area contributed by atoms with Crippen LogP contribution in [-0.2, 0) is 13.0 Å². The van der Waals surface area contributed by atoms with Gasteiger partial charge in [0.1, 0.15) is 16.7 Å². The molecule has 24 heavy (non-hydrogen) atoms. The van der Waals surface area contributed by atoms with E-state index in [1.807, 2.05) is 11.6 Å². The summed E-state index contributed by atoms with van der Waals surface area (Å²) in [5.74, 6) is 0.448. The van der Waals surface area contributed by atoms with E-state index < -0.39 is 5.91 Å². The van der Waals surface area contributed by atoms with E-state index in [0.29, 0.717) is 0 Å². The van der Waals surface area contributed by atoms with Gasteiger partial charge in [0.2, 0.25) is 0 Å². The van der Waals surface area contributed by atoms with Crippen LogP contribution >= 0.6 is 11.6 Å². The Hall–Kier alpha value is -2.48. The van der Waals surface area contributed by atoms with Crippen molar-refractivity contribution in [1.29, 1.82) is 0 Å². The van der Waals surface area contributed by atoms with Gasteiger partial charge in [-0.25, -0.2) is 14.6 Å². The predicted molar refractivity (Wildman–Crippen MR) is 86.6 cm³/mol. The number of fused-ring (bicyclic) bond motifs is 1. The molecular formula is C15H17ClN6O2. The maximum absolute atomic E-state index is 12.4. The number of nitrogens with two attached hydrogens (primary N) is 1. The van der Waals surface area contributed by atoms with E-state index in [9.17, 15) is 9.59 Å². The number of aromatic nitrogens is 4. The lowest BCUT2D eigenvalue weighted by Gasteiger charge is -2.22. The Morgan fingerprint density at radius 3 is 2.88 bits per heavy atom. The summed E-state index contributed by atoms with van der Waals surface area (Å²) in [7, 11) is 0. The van der Waals surface area contributed by atoms with E-state index >= 15 is 0 Å². The number of primary amides is 1. The lowest BCUT2D eigenvalue weighted by molar-refractivity contribution is 0.0920. The molecular weight excluding hydrogens is 332 g/mol. The summed E-state index contributed by atoms with van der Waals surface area (Å²) < 4.78 is 1.84. The molecule has 3 rings (SSSR count). The number of amides is 2. The molecule has 0 aliphatic carbocycles. The fourth-order valence-electron chi connectivity index (χ4n) is 2.66. The zero-order valence-corrected chi connectivity index (χ0v) is 13.9. The monoisotopic (exact) mass is 348 g/mol. The molecule has 1 atom stereocenters. The van der Waals surface area contributed by atoms with Crippen LogP contribution in [-0.4, -0.2) is 31.6 Å². The van der Waals surface area contributed by atoms with E-state index in [1.165, 1.54) is 12.1 Å². The average molecular weight is 349 g/mol. The first-order valence-electron chi connectivity index (χ1n) is 7.70. The largest absolute Gasteiger partial charge is 0.366 e. The van der Waals surface area contributed by atoms with Gasteiger partial charge in [0.05, 0.1) is 11.6 Å². The Balaban J connectivity index is 1.80. The highest BCUT2D eigenvalue weighted by atomic mass is 35.5. The van der Waals surface area contributed by atoms with Gasteiger partial charge in [0.15, 0.2) is 5.82 Å². The molecule has 0 radical (unpaired) electrons. The Kier molecular flexibility index (Phi) is 4.48. The predicted octanol–water partition coefficient (Wildman–Crippen LogP) is 1.25. The van der Waals surface area contributed by atoms with Crippen molar-refractivity contribution in [2.24, 2.45) is 5.73 Å². The second-order valence-electron chi connectivity index (χ2n) is 5.53. The van der Waals surface area contributed by atoms with Crippen molar-refractivity contribution in [1.82, 2.24) is 25.1 Å². The standard InChI is InChI=1S/C15H17ClN6O2/c1-2-11-20-14-9(4-3-7-22(14)21-11)19-15(24)10-6-5-8(13(17)23)12(16)18-10/h5-6,9H,2-4,7H2,1H3,(H2,17,23)(H,19,24)/t9-/m0/s1. The van der Waals surface area contributed by atoms with Crippen LogP contribution in [0.3, 0.4) is 0 Å². The Morgan fingerprint density at radius 2 is 2.21 bits per heavy atom. The van der Waals surface area contributed by atoms with Crippen LogP contribution in [0.25, 0.3) is 0 Å². The van der Waals surface area contributed by atoms with Crippen molar-refractivity contribution in [2.75, 3.05) is 0 Å². The molecule has 0 saturated carbocycles. The SMILES string of the molecule is CCc1nc2n(n1)CCC[C@@H]2NC(=O)c1ccc(C(N)=O)c(Cl)n1. The molecule has 9 heteroatoms. The highest BCUT2D eigenvalue weighted by molar-refractivity contribution is 6.32. The van der Waals surface area contributed by atoms with Crippen LogP contribution in [0.4, 0.5) is 0 Å². The van der Waals surface area contributed by atoms with Crippen molar-refractivity contribution in [3.05, 3.63) is 40.2 Å². The third kappa shape index (κ3) is 3.09. The molecule has 1 aliphatic heterocycles. The minimum Gasteiger partial charge on any atom is -0.366 e. The van der Waals surface area contributed by atoms with Gasteiger partial charge >= 0.3 is 0 Å². The van der Waals surface area contributed by atoms with Gasteiger partial charge in [0.25, 0.3) is 11.8 Å². The minimum atomic E-state index is -0.688. The summed E-state index contributed by atoms with van der Waals surface area (Å²) in [6, 6.07) is 2.59. The Bertz CT molecular complexity index is 803. The normalized spacial score (nSPS) is 16.5. The van der Waals surface area contributed by atoms with Crippen LogP contribution in [0.15, 0.2) is 12.1 Å². The molecule has 0 spiro atoms. The molecule has 0 fully saturated rings. The number of hydrogen-bond acceptors (Lipinski definition) is 5. The smallest absolute Gasteiger partial charge is 0.270 e. The molecule has 8 nitrogen and oxygen atoms in total. The molecule has 3 heterocycles. The molecule has 1 aliphatic rings. The number of carbonyl (C=O) groups is 2. The molecule has 2 aromatic heterocycles. The zero-order valence-electron chi connectivity index (χ0n) is 13.1. The van der Waals surface area contributed by atoms with Crippen molar-refractivity contribution in [2.45, 2.75) is 38.8 Å². The molecule has 2 aromatic rings. The quantitative estimate of drug-likeness (QED) is 0.807. The minimum absolute atomic E-state index is 0.0817. The maximum atomic E-state index is 12.4. The maximum Gasteiger partial charge on any atom is 0.270 e. The van der Waals surface area contributed by atoms with Crippen LogP contribution in [0.5, 0.6) is 0 Å². The van der Waals surface area contributed by atoms with Crippen LogP contribution in [0, 0.1) is 0 Å². The van der Waals surface area contributed by atoms with Crippen molar-refractivity contribution >= 4 is 23.4 Å². The Labute approximate surface area is 143 Å². The van der Waals surface area contributed by atoms with Gasteiger partial charge in [-0.05, 0) is 25.0 Å². The summed E-state index contributed by atoms with van der Waals surface area (Å²) in [4.78, 5) is 32.0. The number of nitrogens with zero attached hydrogens (tertiary/aromatic N) is 4. The highest BCUT2D eigenvalue weighted by Crippen LogP contribution is 2.24. The summed E-state index contributed by atoms with van der Waals surface area (Å²) >= 11 is 5.90. The topological polar surface area (TPSA) is 116 Å². The van der Waals surface area contributed by atoms with Gasteiger partial charge in [0, 0.05) is 13.0 Å². The number of halogens is 1. The summed E-state index contributed by atoms with van der Waals surface area (Å²) in [6.45, 7) is 2.78. The highest BCUT2D eigenvalue weighted by Gasteiger charge is 2.26. The summed E-state index contributed by atoms with van der Waals surface area (Å²) in [6.07, 6.45) is 2.42. The van der Waals surface area contributed by atoms with E-state index in [0.717, 1.165) is 37.5 Å². The van der Waals surface area contributed by atoms with Gasteiger partial charge in [-0.15, -0.1) is 0 Å². The van der Waals surface area contributed by atoms with Crippen LogP contribution < -0.4 is 11.1 Å². The van der Waals surface area contributed by atoms with Crippen molar-refractivity contribution < 1.29 is 9.59 Å². The van der Waals surface area contributed by atoms with E-state index in [2.05, 4.69) is 20.4 Å². The first-order valence-corrected chi connectivity index (χ1v) is 8.08. The third-order valence-electron chi connectivity index (χ3n) is 3.89. The second-order valence-corrected chi connectivity index (χ2v) is 5.89. The molecule has 0 aromatic carbocycles. The number of hydrogen-bond donors (Lipinski definition) is 2. The van der Waals surface area contributed by atoms with Gasteiger partial charge < -0.3 is 11.1 Å². The average Bonchev–Trinajstić information content (AvgIpc) is 2.98. The van der Waals surface area contributed by atoms with E-state index in [1.54, 1.807) is 0 Å². The zero-order chi connectivity index (χ0) is 17.3. The molecule has 0 unspecified atom stereocenters. The number of rotatable bonds is 4. The van der Waals surface area contributed by atoms with Crippen LogP contribution in [0.2, 0.25) is 5.15 Å². The van der Waals surface area contributed by atoms with Crippen molar-refractivity contribution in [3.8, 4) is 0 Å². The lowest BCUT2D eigenvalue weighted by Crippen LogP contribution is -2.33. The first kappa shape index (κ1) is 16.4. The number of nitrogens with one attached hydrogen (secondary N) is 1. The molecule has 3 N–H and O–H groups in total. The lowest BCUT2D eigenvalue weighted by atomic mass is 10.1. The van der Waals surface area contributed by atoms with E-state index in [-0.39, 0.29) is 28.4 Å². The molecule has 2 amide bonds. The number of aryl methyl sites for hydroxylation is 2. The molecule has 126 valence electrons. The number of carbonyl (C=O) groups excluding carboxylic acids is 2. The fraction of sp³-hybridized carbons (Fsp3) is 0.400. The van der Waals surface area contributed by atoms with Gasteiger partial charge in [-0.3, -0.25) is 9.59 Å². The summed E-state index contributed by atoms with van der Waals surface area (Å²) in [5, 5.41) is 7.23. The Morgan fingerprint density at radius 1 is 1.42 bits per heavy atom. The molecule has 0 bridgehead atoms. The number of pyridine rings is 1. The van der Waals surface area contributed by atoms with Gasteiger partial charge in [-0.1, -0.05) is 18.5 Å². The van der Waals surface area contributed by atoms with Gasteiger partial charge in [-0.2, -0.15) is 5.10 Å². The fourth-order valence-corrected chi connectivity index (χ4v) is 2.91. The first-order chi connectivity index (χ1) is 11.5. The van der Waals surface area contributed by atoms with Crippen LogP contribution in [0.1, 0.15) is 58.3 Å². The van der Waals surface area contributed by atoms with E-state index in [4.69, 9.17) is 17.3 Å². The third-order valence-corrected chi connectivity index (χ3v) is 4.18. The molecule has 0 saturated heterocycles. The second kappa shape index (κ2) is 6.56. The summed E-state index contributed by atoms with van der Waals surface area (Å²) in [5.41, 5.74) is 5.38.